The molecule has 1 aromatic rings. The molecule has 58 valence electrons. The van der Waals surface area contributed by atoms with Gasteiger partial charge in [0.2, 0.25) is 0 Å². The van der Waals surface area contributed by atoms with Crippen molar-refractivity contribution in [3.05, 3.63) is 24.4 Å². The molecule has 0 aliphatic rings. The van der Waals surface area contributed by atoms with Gasteiger partial charge in [-0.2, -0.15) is 0 Å². The Kier molecular flexibility index (Phi) is 2.93. The van der Waals surface area contributed by atoms with Gasteiger partial charge < -0.3 is 0 Å². The standard InChI is InChI=1S/C5H4N.C4H9.Sn/c1-2-4-6-5-3-1;1-4(2)3;/h1-4H;1-3H3;. The normalized spacial score (nSPS) is 11.5. The third-order valence-electron chi connectivity index (χ3n) is 1.17. The summed E-state index contributed by atoms with van der Waals surface area (Å²) in [4.78, 5) is 4.34. The van der Waals surface area contributed by atoms with Crippen LogP contribution >= 0.6 is 0 Å². The van der Waals surface area contributed by atoms with Crippen LogP contribution in [0.3, 0.4) is 0 Å². The van der Waals surface area contributed by atoms with Crippen molar-refractivity contribution in [2.24, 2.45) is 0 Å². The zero-order chi connectivity index (χ0) is 8.32. The molecule has 2 radical (unpaired) electrons. The van der Waals surface area contributed by atoms with Gasteiger partial charge in [-0.05, 0) is 0 Å². The monoisotopic (exact) mass is 255 g/mol. The summed E-state index contributed by atoms with van der Waals surface area (Å²) in [6, 6.07) is 6.21. The Morgan fingerprint density at radius 3 is 2.45 bits per heavy atom. The van der Waals surface area contributed by atoms with Crippen LogP contribution in [0.25, 0.3) is 0 Å². The SMILES string of the molecule is C[C](C)(C)[Sn][c]1ccccn1. The summed E-state index contributed by atoms with van der Waals surface area (Å²) < 4.78 is 1.86. The van der Waals surface area contributed by atoms with Crippen molar-refractivity contribution in [3.8, 4) is 0 Å². The van der Waals surface area contributed by atoms with E-state index in [0.717, 1.165) is 0 Å². The quantitative estimate of drug-likeness (QED) is 0.694. The van der Waals surface area contributed by atoms with Crippen LogP contribution in [0.15, 0.2) is 24.4 Å². The maximum absolute atomic E-state index is 4.34. The molecular formula is C9H13NSn. The van der Waals surface area contributed by atoms with E-state index in [-0.39, 0.29) is 0 Å². The van der Waals surface area contributed by atoms with E-state index in [0.29, 0.717) is 3.43 Å². The number of nitrogens with zero attached hydrogens (tertiary/aromatic N) is 1. The van der Waals surface area contributed by atoms with Crippen LogP contribution in [-0.2, 0) is 0 Å². The van der Waals surface area contributed by atoms with Crippen molar-refractivity contribution < 1.29 is 0 Å². The first kappa shape index (κ1) is 9.04. The number of rotatable bonds is 1. The van der Waals surface area contributed by atoms with E-state index in [1.807, 2.05) is 12.3 Å². The van der Waals surface area contributed by atoms with Crippen molar-refractivity contribution in [1.82, 2.24) is 4.98 Å². The molecular weight excluding hydrogens is 241 g/mol. The van der Waals surface area contributed by atoms with Gasteiger partial charge in [-0.25, -0.2) is 0 Å². The Bertz CT molecular complexity index is 213. The van der Waals surface area contributed by atoms with E-state index >= 15 is 0 Å². The first-order valence-corrected chi connectivity index (χ1v) is 6.62. The summed E-state index contributed by atoms with van der Waals surface area (Å²) in [7, 11) is 0. The van der Waals surface area contributed by atoms with E-state index in [9.17, 15) is 0 Å². The van der Waals surface area contributed by atoms with E-state index in [4.69, 9.17) is 0 Å². The van der Waals surface area contributed by atoms with Crippen LogP contribution in [0, 0.1) is 0 Å². The molecule has 0 saturated heterocycles. The summed E-state index contributed by atoms with van der Waals surface area (Å²) in [6.07, 6.45) is 1.89. The molecule has 11 heavy (non-hydrogen) atoms. The molecule has 0 aliphatic heterocycles. The predicted octanol–water partition coefficient (Wildman–Crippen LogP) is 1.63. The Morgan fingerprint density at radius 1 is 1.27 bits per heavy atom. The molecule has 0 amide bonds. The summed E-state index contributed by atoms with van der Waals surface area (Å²) in [6.45, 7) is 6.90. The van der Waals surface area contributed by atoms with Crippen molar-refractivity contribution >= 4 is 24.9 Å². The summed E-state index contributed by atoms with van der Waals surface area (Å²) >= 11 is -0.461. The zero-order valence-corrected chi connectivity index (χ0v) is 10.1. The molecule has 0 bridgehead atoms. The zero-order valence-electron chi connectivity index (χ0n) is 7.26. The summed E-state index contributed by atoms with van der Waals surface area (Å²) in [5.41, 5.74) is 0. The minimum atomic E-state index is -0.461. The molecule has 1 rings (SSSR count). The fourth-order valence-corrected chi connectivity index (χ4v) is 3.92. The van der Waals surface area contributed by atoms with Gasteiger partial charge in [-0.3, -0.25) is 0 Å². The van der Waals surface area contributed by atoms with Crippen molar-refractivity contribution in [1.29, 1.82) is 0 Å². The fourth-order valence-electron chi connectivity index (χ4n) is 0.821. The molecule has 1 aromatic heterocycles. The minimum absolute atomic E-state index is 0.461. The van der Waals surface area contributed by atoms with Gasteiger partial charge in [-0.1, -0.05) is 0 Å². The van der Waals surface area contributed by atoms with E-state index in [2.05, 4.69) is 37.9 Å². The first-order valence-electron chi connectivity index (χ1n) is 3.77. The number of hydrogen-bond donors (Lipinski definition) is 0. The number of hydrogen-bond acceptors (Lipinski definition) is 1. The van der Waals surface area contributed by atoms with Crippen molar-refractivity contribution in [2.75, 3.05) is 0 Å². The summed E-state index contributed by atoms with van der Waals surface area (Å²) in [5.74, 6) is 0. The van der Waals surface area contributed by atoms with Gasteiger partial charge in [0.15, 0.2) is 0 Å². The molecule has 0 N–H and O–H groups in total. The van der Waals surface area contributed by atoms with E-state index in [1.165, 1.54) is 3.71 Å². The van der Waals surface area contributed by atoms with Crippen LogP contribution in [0.5, 0.6) is 0 Å². The Hall–Kier alpha value is -0.0513. The molecule has 0 unspecified atom stereocenters. The molecule has 2 heteroatoms. The van der Waals surface area contributed by atoms with Crippen LogP contribution < -0.4 is 3.71 Å². The van der Waals surface area contributed by atoms with Gasteiger partial charge in [-0.15, -0.1) is 0 Å². The second-order valence-electron chi connectivity index (χ2n) is 3.59. The molecule has 1 nitrogen and oxygen atoms in total. The van der Waals surface area contributed by atoms with Crippen molar-refractivity contribution in [2.45, 2.75) is 24.2 Å². The molecule has 0 aliphatic carbocycles. The maximum atomic E-state index is 4.34. The second kappa shape index (κ2) is 3.57. The molecule has 0 spiro atoms. The van der Waals surface area contributed by atoms with Gasteiger partial charge in [0.05, 0.1) is 0 Å². The van der Waals surface area contributed by atoms with Crippen LogP contribution in [0.1, 0.15) is 20.8 Å². The topological polar surface area (TPSA) is 12.9 Å². The van der Waals surface area contributed by atoms with Crippen LogP contribution in [0.4, 0.5) is 0 Å². The summed E-state index contributed by atoms with van der Waals surface area (Å²) in [5, 5.41) is 0. The van der Waals surface area contributed by atoms with Gasteiger partial charge in [0.1, 0.15) is 0 Å². The van der Waals surface area contributed by atoms with Gasteiger partial charge in [0.25, 0.3) is 0 Å². The van der Waals surface area contributed by atoms with Gasteiger partial charge >= 0.3 is 78.4 Å². The Morgan fingerprint density at radius 2 is 2.00 bits per heavy atom. The Labute approximate surface area is 78.5 Å². The number of aromatic nitrogens is 1. The second-order valence-corrected chi connectivity index (χ2v) is 10.0. The molecule has 1 heterocycles. The van der Waals surface area contributed by atoms with E-state index in [1.54, 1.807) is 0 Å². The first-order chi connectivity index (χ1) is 5.08. The van der Waals surface area contributed by atoms with Crippen LogP contribution in [0.2, 0.25) is 3.43 Å². The molecule has 0 fully saturated rings. The van der Waals surface area contributed by atoms with Gasteiger partial charge in [0, 0.05) is 0 Å². The molecule has 0 aromatic carbocycles. The average molecular weight is 254 g/mol. The third-order valence-corrected chi connectivity index (χ3v) is 4.88. The molecule has 0 saturated carbocycles. The van der Waals surface area contributed by atoms with Crippen molar-refractivity contribution in [3.63, 3.8) is 0 Å². The predicted molar refractivity (Wildman–Crippen MR) is 49.3 cm³/mol. The molecule has 0 atom stereocenters. The third kappa shape index (κ3) is 3.75. The average Bonchev–Trinajstić information content (AvgIpc) is 1.85. The fraction of sp³-hybridized carbons (Fsp3) is 0.444. The number of pyridine rings is 1. The Balaban J connectivity index is 2.66. The van der Waals surface area contributed by atoms with E-state index < -0.39 is 21.1 Å². The van der Waals surface area contributed by atoms with Crippen LogP contribution in [-0.4, -0.2) is 26.1 Å².